The van der Waals surface area contributed by atoms with Crippen molar-refractivity contribution in [2.45, 2.75) is 11.8 Å². The van der Waals surface area contributed by atoms with E-state index in [0.29, 0.717) is 21.0 Å². The Hall–Kier alpha value is -1.87. The summed E-state index contributed by atoms with van der Waals surface area (Å²) in [5, 5.41) is 3.31. The van der Waals surface area contributed by atoms with Crippen LogP contribution in [0, 0.1) is 6.92 Å². The molecule has 118 valence electrons. The number of benzene rings is 1. The van der Waals surface area contributed by atoms with Crippen LogP contribution in [0.4, 0.5) is 0 Å². The average molecular weight is 365 g/mol. The lowest BCUT2D eigenvalue weighted by molar-refractivity contribution is 0.104. The van der Waals surface area contributed by atoms with Gasteiger partial charge in [-0.3, -0.25) is 9.35 Å². The fraction of sp³-hybridized carbons (Fsp3) is 0.0667. The smallest absolute Gasteiger partial charge is 0.288 e. The first-order valence-corrected chi connectivity index (χ1v) is 9.68. The zero-order chi connectivity index (χ0) is 16.6. The normalized spacial score (nSPS) is 11.6. The third kappa shape index (κ3) is 3.11. The van der Waals surface area contributed by atoms with Crippen LogP contribution in [0.1, 0.15) is 20.8 Å². The first-order valence-electron chi connectivity index (χ1n) is 6.48. The summed E-state index contributed by atoms with van der Waals surface area (Å²) in [5.74, 6) is -0.157. The summed E-state index contributed by atoms with van der Waals surface area (Å²) >= 11 is 2.25. The van der Waals surface area contributed by atoms with Gasteiger partial charge in [-0.05, 0) is 12.5 Å². The van der Waals surface area contributed by atoms with Crippen molar-refractivity contribution >= 4 is 38.6 Å². The van der Waals surface area contributed by atoms with Gasteiger partial charge in [-0.2, -0.15) is 19.8 Å². The van der Waals surface area contributed by atoms with Crippen LogP contribution >= 0.6 is 22.7 Å². The minimum absolute atomic E-state index is 0.157. The number of hydrogen-bond acceptors (Lipinski definition) is 6. The highest BCUT2D eigenvalue weighted by atomic mass is 32.2. The number of carbonyl (C=O) groups is 1. The first kappa shape index (κ1) is 16.0. The van der Waals surface area contributed by atoms with E-state index in [4.69, 9.17) is 0 Å². The Morgan fingerprint density at radius 3 is 2.65 bits per heavy atom. The van der Waals surface area contributed by atoms with Crippen molar-refractivity contribution in [3.05, 3.63) is 57.2 Å². The number of ketones is 1. The summed E-state index contributed by atoms with van der Waals surface area (Å²) in [7, 11) is -4.32. The molecule has 0 aliphatic carbocycles. The molecule has 0 atom stereocenters. The van der Waals surface area contributed by atoms with Gasteiger partial charge in [0.25, 0.3) is 10.1 Å². The van der Waals surface area contributed by atoms with Crippen LogP contribution in [0.2, 0.25) is 0 Å². The lowest BCUT2D eigenvalue weighted by Gasteiger charge is -2.01. The maximum Gasteiger partial charge on any atom is 0.296 e. The summed E-state index contributed by atoms with van der Waals surface area (Å²) in [6.07, 6.45) is 1.43. The molecular weight excluding hydrogens is 354 g/mol. The van der Waals surface area contributed by atoms with Gasteiger partial charge in [0.2, 0.25) is 5.78 Å². The Balaban J connectivity index is 2.01. The van der Waals surface area contributed by atoms with Crippen LogP contribution in [-0.2, 0) is 10.1 Å². The van der Waals surface area contributed by atoms with E-state index < -0.39 is 10.1 Å². The molecule has 2 heterocycles. The first-order chi connectivity index (χ1) is 10.9. The molecule has 3 rings (SSSR count). The van der Waals surface area contributed by atoms with Gasteiger partial charge in [0.1, 0.15) is 9.90 Å². The van der Waals surface area contributed by atoms with Crippen molar-refractivity contribution in [2.24, 2.45) is 0 Å². The van der Waals surface area contributed by atoms with Crippen LogP contribution in [-0.4, -0.2) is 23.7 Å². The number of thiophene rings is 1. The van der Waals surface area contributed by atoms with Gasteiger partial charge in [0.05, 0.1) is 4.88 Å². The quantitative estimate of drug-likeness (QED) is 0.563. The van der Waals surface area contributed by atoms with E-state index in [0.717, 1.165) is 28.2 Å². The Labute approximate surface area is 141 Å². The number of aromatic nitrogens is 1. The monoisotopic (exact) mass is 365 g/mol. The van der Waals surface area contributed by atoms with Crippen molar-refractivity contribution in [3.63, 3.8) is 0 Å². The van der Waals surface area contributed by atoms with Crippen LogP contribution in [0.25, 0.3) is 10.6 Å². The molecule has 1 N–H and O–H groups in total. The van der Waals surface area contributed by atoms with Gasteiger partial charge in [-0.25, -0.2) is 4.98 Å². The molecule has 0 saturated heterocycles. The number of hydrogen-bond donors (Lipinski definition) is 1. The minimum atomic E-state index is -4.32. The fourth-order valence-corrected chi connectivity index (χ4v) is 5.00. The zero-order valence-electron chi connectivity index (χ0n) is 11.9. The maximum atomic E-state index is 12.5. The molecule has 0 amide bonds. The average Bonchev–Trinajstić information content (AvgIpc) is 3.15. The van der Waals surface area contributed by atoms with Gasteiger partial charge in [-0.1, -0.05) is 24.3 Å². The third-order valence-corrected chi connectivity index (χ3v) is 6.07. The van der Waals surface area contributed by atoms with Crippen molar-refractivity contribution < 1.29 is 17.8 Å². The molecule has 8 heteroatoms. The third-order valence-electron chi connectivity index (χ3n) is 3.25. The van der Waals surface area contributed by atoms with Crippen LogP contribution < -0.4 is 0 Å². The SMILES string of the molecule is Cc1ccccc1C(=O)c1cnc(-c2cscc2S(=O)(=O)O)s1. The number of carbonyl (C=O) groups excluding carboxylic acids is 1. The van der Waals surface area contributed by atoms with E-state index >= 15 is 0 Å². The number of rotatable bonds is 4. The Kier molecular flexibility index (Phi) is 4.15. The molecule has 0 unspecified atom stereocenters. The summed E-state index contributed by atoms with van der Waals surface area (Å²) < 4.78 is 32.0. The molecule has 0 aliphatic heterocycles. The van der Waals surface area contributed by atoms with E-state index in [1.807, 2.05) is 19.1 Å². The molecule has 23 heavy (non-hydrogen) atoms. The van der Waals surface area contributed by atoms with Crippen molar-refractivity contribution in [3.8, 4) is 10.6 Å². The molecular formula is C15H11NO4S3. The van der Waals surface area contributed by atoms with Crippen LogP contribution in [0.5, 0.6) is 0 Å². The molecule has 0 saturated carbocycles. The van der Waals surface area contributed by atoms with Crippen molar-refractivity contribution in [1.82, 2.24) is 4.98 Å². The highest BCUT2D eigenvalue weighted by Gasteiger charge is 2.22. The van der Waals surface area contributed by atoms with E-state index in [1.54, 1.807) is 17.5 Å². The van der Waals surface area contributed by atoms with E-state index in [1.165, 1.54) is 11.6 Å². The lowest BCUT2D eigenvalue weighted by atomic mass is 10.0. The summed E-state index contributed by atoms with van der Waals surface area (Å²) in [6, 6.07) is 7.24. The van der Waals surface area contributed by atoms with Crippen LogP contribution in [0.15, 0.2) is 46.1 Å². The highest BCUT2D eigenvalue weighted by molar-refractivity contribution is 7.86. The summed E-state index contributed by atoms with van der Waals surface area (Å²) in [5.41, 5.74) is 1.76. The molecule has 0 aliphatic rings. The number of nitrogens with zero attached hydrogens (tertiary/aromatic N) is 1. The van der Waals surface area contributed by atoms with Gasteiger partial charge < -0.3 is 0 Å². The van der Waals surface area contributed by atoms with E-state index in [-0.39, 0.29) is 10.7 Å². The topological polar surface area (TPSA) is 84.3 Å². The van der Waals surface area contributed by atoms with Gasteiger partial charge in [-0.15, -0.1) is 11.3 Å². The lowest BCUT2D eigenvalue weighted by Crippen LogP contribution is -2.00. The van der Waals surface area contributed by atoms with E-state index in [9.17, 15) is 17.8 Å². The highest BCUT2D eigenvalue weighted by Crippen LogP contribution is 2.34. The molecule has 1 aromatic carbocycles. The second kappa shape index (κ2) is 5.97. The standard InChI is InChI=1S/C15H11NO4S3/c1-9-4-2-3-5-10(9)14(17)12-6-16-15(22-12)11-7-21-8-13(11)23(18,19)20/h2-8H,1H3,(H,18,19,20). The van der Waals surface area contributed by atoms with Crippen molar-refractivity contribution in [1.29, 1.82) is 0 Å². The molecule has 2 aromatic heterocycles. The molecule has 0 bridgehead atoms. The maximum absolute atomic E-state index is 12.5. The fourth-order valence-electron chi connectivity index (χ4n) is 2.10. The molecule has 0 spiro atoms. The predicted octanol–water partition coefficient (Wildman–Crippen LogP) is 3.66. The Morgan fingerprint density at radius 1 is 1.22 bits per heavy atom. The largest absolute Gasteiger partial charge is 0.296 e. The summed E-state index contributed by atoms with van der Waals surface area (Å²) in [4.78, 5) is 16.9. The second-order valence-electron chi connectivity index (χ2n) is 4.80. The van der Waals surface area contributed by atoms with E-state index in [2.05, 4.69) is 4.98 Å². The second-order valence-corrected chi connectivity index (χ2v) is 7.96. The van der Waals surface area contributed by atoms with Gasteiger partial charge in [0, 0.05) is 28.1 Å². The molecule has 5 nitrogen and oxygen atoms in total. The van der Waals surface area contributed by atoms with Crippen molar-refractivity contribution in [2.75, 3.05) is 0 Å². The Bertz CT molecular complexity index is 986. The molecule has 0 radical (unpaired) electrons. The van der Waals surface area contributed by atoms with Crippen LogP contribution in [0.3, 0.4) is 0 Å². The Morgan fingerprint density at radius 2 is 1.96 bits per heavy atom. The summed E-state index contributed by atoms with van der Waals surface area (Å²) in [6.45, 7) is 1.85. The predicted molar refractivity (Wildman–Crippen MR) is 89.9 cm³/mol. The zero-order valence-corrected chi connectivity index (χ0v) is 14.3. The molecule has 0 fully saturated rings. The molecule has 3 aromatic rings. The number of aryl methyl sites for hydroxylation is 1. The minimum Gasteiger partial charge on any atom is -0.288 e. The number of thiazole rings is 1. The van der Waals surface area contributed by atoms with Gasteiger partial charge >= 0.3 is 0 Å². The van der Waals surface area contributed by atoms with Gasteiger partial charge in [0.15, 0.2) is 0 Å².